The average molecular weight is 386 g/mol. The topological polar surface area (TPSA) is 119 Å². The van der Waals surface area contributed by atoms with Crippen molar-refractivity contribution in [3.05, 3.63) is 60.8 Å². The third kappa shape index (κ3) is 4.36. The maximum Gasteiger partial charge on any atom is 0.255 e. The lowest BCUT2D eigenvalue weighted by Gasteiger charge is -2.11. The fourth-order valence-electron chi connectivity index (χ4n) is 2.35. The van der Waals surface area contributed by atoms with Crippen molar-refractivity contribution in [2.45, 2.75) is 24.8 Å². The number of benzene rings is 1. The van der Waals surface area contributed by atoms with Crippen LogP contribution >= 0.6 is 0 Å². The standard InChI is InChI=1S/C17H18N6O3S/c1-12(2)22-27(25,26)14-7-5-13(6-8-14)17(24)21-15-4-3-9-19-16(15)23-11-18-10-20-23/h3-12,22H,1-2H3,(H,21,24). The molecule has 1 amide bonds. The van der Waals surface area contributed by atoms with Crippen LogP contribution in [0, 0.1) is 0 Å². The molecule has 0 atom stereocenters. The van der Waals surface area contributed by atoms with Gasteiger partial charge in [0.05, 0.1) is 10.6 Å². The Morgan fingerprint density at radius 2 is 1.89 bits per heavy atom. The number of rotatable bonds is 6. The van der Waals surface area contributed by atoms with Crippen LogP contribution in [-0.2, 0) is 10.0 Å². The van der Waals surface area contributed by atoms with Crippen LogP contribution in [0.3, 0.4) is 0 Å². The first-order chi connectivity index (χ1) is 12.9. The van der Waals surface area contributed by atoms with Crippen LogP contribution in [0.2, 0.25) is 0 Å². The Bertz CT molecular complexity index is 1030. The zero-order chi connectivity index (χ0) is 19.4. The normalized spacial score (nSPS) is 11.5. The lowest BCUT2D eigenvalue weighted by Crippen LogP contribution is -2.30. The summed E-state index contributed by atoms with van der Waals surface area (Å²) in [5.41, 5.74) is 0.762. The van der Waals surface area contributed by atoms with Gasteiger partial charge in [-0.05, 0) is 50.2 Å². The first-order valence-corrected chi connectivity index (χ1v) is 9.59. The van der Waals surface area contributed by atoms with E-state index >= 15 is 0 Å². The largest absolute Gasteiger partial charge is 0.319 e. The molecule has 3 rings (SSSR count). The summed E-state index contributed by atoms with van der Waals surface area (Å²) in [6.45, 7) is 3.47. The minimum Gasteiger partial charge on any atom is -0.319 e. The SMILES string of the molecule is CC(C)NS(=O)(=O)c1ccc(C(=O)Nc2cccnc2-n2cncn2)cc1. The van der Waals surface area contributed by atoms with Gasteiger partial charge in [0, 0.05) is 17.8 Å². The average Bonchev–Trinajstić information content (AvgIpc) is 3.16. The van der Waals surface area contributed by atoms with Gasteiger partial charge >= 0.3 is 0 Å². The molecule has 0 aliphatic carbocycles. The number of carbonyl (C=O) groups excluding carboxylic acids is 1. The molecule has 0 aliphatic rings. The van der Waals surface area contributed by atoms with E-state index in [4.69, 9.17) is 0 Å². The molecule has 0 saturated carbocycles. The van der Waals surface area contributed by atoms with Gasteiger partial charge in [0.1, 0.15) is 12.7 Å². The highest BCUT2D eigenvalue weighted by atomic mass is 32.2. The van der Waals surface area contributed by atoms with Gasteiger partial charge in [0.15, 0.2) is 5.82 Å². The van der Waals surface area contributed by atoms with E-state index in [0.717, 1.165) is 0 Å². The first-order valence-electron chi connectivity index (χ1n) is 8.10. The van der Waals surface area contributed by atoms with Crippen LogP contribution in [0.4, 0.5) is 5.69 Å². The van der Waals surface area contributed by atoms with E-state index in [1.165, 1.54) is 41.6 Å². The molecule has 3 aromatic rings. The summed E-state index contributed by atoms with van der Waals surface area (Å²) in [7, 11) is -3.61. The van der Waals surface area contributed by atoms with Crippen molar-refractivity contribution in [3.8, 4) is 5.82 Å². The van der Waals surface area contributed by atoms with Gasteiger partial charge in [-0.2, -0.15) is 5.10 Å². The van der Waals surface area contributed by atoms with Gasteiger partial charge in [0.25, 0.3) is 5.91 Å². The number of sulfonamides is 1. The highest BCUT2D eigenvalue weighted by Crippen LogP contribution is 2.18. The summed E-state index contributed by atoms with van der Waals surface area (Å²) in [5, 5.41) is 6.76. The van der Waals surface area contributed by atoms with E-state index in [1.807, 2.05) is 0 Å². The highest BCUT2D eigenvalue weighted by Gasteiger charge is 2.17. The second-order valence-electron chi connectivity index (χ2n) is 5.97. The fraction of sp³-hybridized carbons (Fsp3) is 0.176. The zero-order valence-electron chi connectivity index (χ0n) is 14.7. The van der Waals surface area contributed by atoms with Crippen molar-refractivity contribution in [2.75, 3.05) is 5.32 Å². The van der Waals surface area contributed by atoms with Crippen LogP contribution in [0.1, 0.15) is 24.2 Å². The predicted molar refractivity (Wildman–Crippen MR) is 99.0 cm³/mol. The monoisotopic (exact) mass is 386 g/mol. The molecule has 2 N–H and O–H groups in total. The van der Waals surface area contributed by atoms with E-state index in [0.29, 0.717) is 17.1 Å². The number of carbonyl (C=O) groups is 1. The van der Waals surface area contributed by atoms with Gasteiger partial charge in [-0.15, -0.1) is 0 Å². The fourth-order valence-corrected chi connectivity index (χ4v) is 3.60. The Morgan fingerprint density at radius 3 is 2.52 bits per heavy atom. The Labute approximate surface area is 156 Å². The number of nitrogens with zero attached hydrogens (tertiary/aromatic N) is 4. The molecule has 9 nitrogen and oxygen atoms in total. The molecule has 2 heterocycles. The van der Waals surface area contributed by atoms with Crippen molar-refractivity contribution in [1.82, 2.24) is 24.5 Å². The number of hydrogen-bond donors (Lipinski definition) is 2. The number of pyridine rings is 1. The quantitative estimate of drug-likeness (QED) is 0.664. The molecular weight excluding hydrogens is 368 g/mol. The van der Waals surface area contributed by atoms with Crippen LogP contribution in [0.5, 0.6) is 0 Å². The maximum absolute atomic E-state index is 12.5. The number of anilines is 1. The molecule has 140 valence electrons. The smallest absolute Gasteiger partial charge is 0.255 e. The molecule has 0 fully saturated rings. The van der Waals surface area contributed by atoms with Crippen molar-refractivity contribution in [2.24, 2.45) is 0 Å². The van der Waals surface area contributed by atoms with Gasteiger partial charge in [-0.1, -0.05) is 0 Å². The summed E-state index contributed by atoms with van der Waals surface area (Å²) < 4.78 is 28.2. The van der Waals surface area contributed by atoms with E-state index in [9.17, 15) is 13.2 Å². The summed E-state index contributed by atoms with van der Waals surface area (Å²) in [5.74, 6) is 0.0220. The molecule has 10 heteroatoms. The third-order valence-electron chi connectivity index (χ3n) is 3.49. The van der Waals surface area contributed by atoms with E-state index in [-0.39, 0.29) is 10.9 Å². The summed E-state index contributed by atoms with van der Waals surface area (Å²) in [6.07, 6.45) is 4.41. The number of nitrogens with one attached hydrogen (secondary N) is 2. The molecule has 0 bridgehead atoms. The summed E-state index contributed by atoms with van der Waals surface area (Å²) in [6, 6.07) is 8.84. The van der Waals surface area contributed by atoms with Crippen LogP contribution in [0.15, 0.2) is 60.1 Å². The molecule has 0 unspecified atom stereocenters. The highest BCUT2D eigenvalue weighted by molar-refractivity contribution is 7.89. The van der Waals surface area contributed by atoms with E-state index in [1.54, 1.807) is 32.2 Å². The zero-order valence-corrected chi connectivity index (χ0v) is 15.5. The summed E-state index contributed by atoms with van der Waals surface area (Å²) in [4.78, 5) is 20.7. The Kier molecular flexibility index (Phi) is 5.28. The minimum atomic E-state index is -3.61. The second kappa shape index (κ2) is 7.64. The molecular formula is C17H18N6O3S. The molecule has 1 aromatic carbocycles. The lowest BCUT2D eigenvalue weighted by molar-refractivity contribution is 0.102. The molecule has 0 aliphatic heterocycles. The molecule has 2 aromatic heterocycles. The van der Waals surface area contributed by atoms with Crippen molar-refractivity contribution in [1.29, 1.82) is 0 Å². The second-order valence-corrected chi connectivity index (χ2v) is 7.68. The van der Waals surface area contributed by atoms with Gasteiger partial charge in [0.2, 0.25) is 10.0 Å². The number of hydrogen-bond acceptors (Lipinski definition) is 6. The lowest BCUT2D eigenvalue weighted by atomic mass is 10.2. The van der Waals surface area contributed by atoms with Gasteiger partial charge in [-0.3, -0.25) is 4.79 Å². The molecule has 0 radical (unpaired) electrons. The van der Waals surface area contributed by atoms with Crippen molar-refractivity contribution < 1.29 is 13.2 Å². The Hall–Kier alpha value is -3.11. The van der Waals surface area contributed by atoms with Crippen LogP contribution in [-0.4, -0.2) is 40.1 Å². The van der Waals surface area contributed by atoms with Gasteiger partial charge < -0.3 is 5.32 Å². The Morgan fingerprint density at radius 1 is 1.15 bits per heavy atom. The van der Waals surface area contributed by atoms with E-state index in [2.05, 4.69) is 25.1 Å². The van der Waals surface area contributed by atoms with Gasteiger partial charge in [-0.25, -0.2) is 27.8 Å². The number of aromatic nitrogens is 4. The summed E-state index contributed by atoms with van der Waals surface area (Å²) >= 11 is 0. The van der Waals surface area contributed by atoms with E-state index < -0.39 is 15.9 Å². The number of amides is 1. The molecule has 0 saturated heterocycles. The Balaban J connectivity index is 1.80. The van der Waals surface area contributed by atoms with Crippen LogP contribution < -0.4 is 10.0 Å². The molecule has 27 heavy (non-hydrogen) atoms. The third-order valence-corrected chi connectivity index (χ3v) is 5.16. The van der Waals surface area contributed by atoms with Crippen LogP contribution in [0.25, 0.3) is 5.82 Å². The first kappa shape index (κ1) is 18.7. The maximum atomic E-state index is 12.5. The predicted octanol–water partition coefficient (Wildman–Crippen LogP) is 1.60. The van der Waals surface area contributed by atoms with Crippen molar-refractivity contribution in [3.63, 3.8) is 0 Å². The molecule has 0 spiro atoms. The minimum absolute atomic E-state index is 0.0948. The van der Waals surface area contributed by atoms with Crippen molar-refractivity contribution >= 4 is 21.6 Å².